The largest absolute Gasteiger partial charge is 0.350 e. The highest BCUT2D eigenvalue weighted by atomic mass is 15.0. The number of aromatic nitrogens is 1. The maximum absolute atomic E-state index is 3.58. The molecule has 1 N–H and O–H groups in total. The van der Waals surface area contributed by atoms with Crippen molar-refractivity contribution in [3.05, 3.63) is 35.5 Å². The third kappa shape index (κ3) is 1.74. The van der Waals surface area contributed by atoms with Crippen molar-refractivity contribution in [3.8, 4) is 0 Å². The van der Waals surface area contributed by atoms with E-state index in [0.717, 1.165) is 12.6 Å². The first-order valence-corrected chi connectivity index (χ1v) is 6.02. The predicted molar refractivity (Wildman–Crippen MR) is 67.5 cm³/mol. The molecule has 0 amide bonds. The lowest BCUT2D eigenvalue weighted by molar-refractivity contribution is 0.689. The van der Waals surface area contributed by atoms with Gasteiger partial charge in [0.2, 0.25) is 0 Å². The number of rotatable bonds is 3. The van der Waals surface area contributed by atoms with E-state index in [9.17, 15) is 0 Å². The summed E-state index contributed by atoms with van der Waals surface area (Å²) >= 11 is 0. The van der Waals surface area contributed by atoms with E-state index >= 15 is 0 Å². The maximum Gasteiger partial charge on any atom is 0.0483 e. The lowest BCUT2D eigenvalue weighted by Gasteiger charge is -2.01. The summed E-state index contributed by atoms with van der Waals surface area (Å²) in [4.78, 5) is 0. The fourth-order valence-corrected chi connectivity index (χ4v) is 2.26. The monoisotopic (exact) mass is 214 g/mol. The molecule has 1 aliphatic rings. The Hall–Kier alpha value is -1.28. The molecule has 1 aromatic heterocycles. The predicted octanol–water partition coefficient (Wildman–Crippen LogP) is 2.74. The molecule has 0 bridgehead atoms. The van der Waals surface area contributed by atoms with Crippen LogP contribution in [0.1, 0.15) is 24.0 Å². The topological polar surface area (TPSA) is 17.0 Å². The zero-order valence-electron chi connectivity index (χ0n) is 9.96. The van der Waals surface area contributed by atoms with Gasteiger partial charge in [-0.2, -0.15) is 0 Å². The Morgan fingerprint density at radius 1 is 1.38 bits per heavy atom. The smallest absolute Gasteiger partial charge is 0.0483 e. The SMILES string of the molecule is Cc1ccc2c(CNC3CC3)cn(C)c2c1. The molecule has 0 atom stereocenters. The second-order valence-electron chi connectivity index (χ2n) is 4.94. The van der Waals surface area contributed by atoms with Crippen LogP contribution in [0.15, 0.2) is 24.4 Å². The minimum absolute atomic E-state index is 0.778. The van der Waals surface area contributed by atoms with Gasteiger partial charge in [-0.25, -0.2) is 0 Å². The second-order valence-corrected chi connectivity index (χ2v) is 4.94. The molecular formula is C14H18N2. The zero-order chi connectivity index (χ0) is 11.1. The van der Waals surface area contributed by atoms with Crippen molar-refractivity contribution < 1.29 is 0 Å². The van der Waals surface area contributed by atoms with Crippen molar-refractivity contribution in [1.82, 2.24) is 9.88 Å². The van der Waals surface area contributed by atoms with E-state index in [1.165, 1.54) is 34.9 Å². The van der Waals surface area contributed by atoms with Crippen molar-refractivity contribution in [1.29, 1.82) is 0 Å². The molecule has 0 spiro atoms. The van der Waals surface area contributed by atoms with Crippen LogP contribution in [-0.2, 0) is 13.6 Å². The van der Waals surface area contributed by atoms with E-state index in [0.29, 0.717) is 0 Å². The molecule has 0 radical (unpaired) electrons. The molecule has 1 aliphatic carbocycles. The van der Waals surface area contributed by atoms with Gasteiger partial charge >= 0.3 is 0 Å². The highest BCUT2D eigenvalue weighted by Crippen LogP contribution is 2.24. The number of nitrogens with one attached hydrogen (secondary N) is 1. The van der Waals surface area contributed by atoms with E-state index in [1.54, 1.807) is 0 Å². The molecule has 0 saturated heterocycles. The Kier molecular flexibility index (Phi) is 2.25. The Labute approximate surface area is 96.3 Å². The lowest BCUT2D eigenvalue weighted by Crippen LogP contribution is -2.14. The van der Waals surface area contributed by atoms with Crippen LogP contribution in [-0.4, -0.2) is 10.6 Å². The Balaban J connectivity index is 1.97. The van der Waals surface area contributed by atoms with Gasteiger partial charge < -0.3 is 9.88 Å². The quantitative estimate of drug-likeness (QED) is 0.831. The number of hydrogen-bond acceptors (Lipinski definition) is 1. The summed E-state index contributed by atoms with van der Waals surface area (Å²) in [5.41, 5.74) is 4.09. The molecule has 3 rings (SSSR count). The molecule has 2 aromatic rings. The minimum Gasteiger partial charge on any atom is -0.350 e. The van der Waals surface area contributed by atoms with Crippen LogP contribution >= 0.6 is 0 Å². The van der Waals surface area contributed by atoms with E-state index in [4.69, 9.17) is 0 Å². The van der Waals surface area contributed by atoms with Gasteiger partial charge in [-0.1, -0.05) is 12.1 Å². The van der Waals surface area contributed by atoms with E-state index < -0.39 is 0 Å². The second kappa shape index (κ2) is 3.63. The molecule has 84 valence electrons. The fourth-order valence-electron chi connectivity index (χ4n) is 2.26. The van der Waals surface area contributed by atoms with Gasteiger partial charge in [-0.15, -0.1) is 0 Å². The van der Waals surface area contributed by atoms with Gasteiger partial charge in [0.25, 0.3) is 0 Å². The molecule has 1 saturated carbocycles. The standard InChI is InChI=1S/C14H18N2/c1-10-3-6-13-11(8-15-12-4-5-12)9-16(2)14(13)7-10/h3,6-7,9,12,15H,4-5,8H2,1-2H3. The van der Waals surface area contributed by atoms with Gasteiger partial charge in [0.1, 0.15) is 0 Å². The van der Waals surface area contributed by atoms with Crippen molar-refractivity contribution in [2.45, 2.75) is 32.4 Å². The highest BCUT2D eigenvalue weighted by Gasteiger charge is 2.20. The van der Waals surface area contributed by atoms with Crippen LogP contribution in [0.5, 0.6) is 0 Å². The number of benzene rings is 1. The fraction of sp³-hybridized carbons (Fsp3) is 0.429. The lowest BCUT2D eigenvalue weighted by atomic mass is 10.1. The first kappa shape index (κ1) is 9.91. The molecule has 2 nitrogen and oxygen atoms in total. The average molecular weight is 214 g/mol. The van der Waals surface area contributed by atoms with Gasteiger partial charge in [0.05, 0.1) is 0 Å². The van der Waals surface area contributed by atoms with Crippen LogP contribution in [0.3, 0.4) is 0 Å². The first-order valence-electron chi connectivity index (χ1n) is 6.02. The molecule has 2 heteroatoms. The van der Waals surface area contributed by atoms with Gasteiger partial charge in [-0.3, -0.25) is 0 Å². The summed E-state index contributed by atoms with van der Waals surface area (Å²) in [6.45, 7) is 3.15. The Morgan fingerprint density at radius 3 is 2.94 bits per heavy atom. The number of nitrogens with zero attached hydrogens (tertiary/aromatic N) is 1. The molecule has 0 aliphatic heterocycles. The Bertz CT molecular complexity index is 521. The van der Waals surface area contributed by atoms with Gasteiger partial charge in [0, 0.05) is 36.7 Å². The minimum atomic E-state index is 0.778. The summed E-state index contributed by atoms with van der Waals surface area (Å²) in [5.74, 6) is 0. The van der Waals surface area contributed by atoms with Crippen LogP contribution in [0.2, 0.25) is 0 Å². The van der Waals surface area contributed by atoms with Crippen molar-refractivity contribution >= 4 is 10.9 Å². The van der Waals surface area contributed by atoms with Crippen molar-refractivity contribution in [3.63, 3.8) is 0 Å². The molecule has 16 heavy (non-hydrogen) atoms. The van der Waals surface area contributed by atoms with Gasteiger partial charge in [0.15, 0.2) is 0 Å². The van der Waals surface area contributed by atoms with Crippen LogP contribution in [0.25, 0.3) is 10.9 Å². The zero-order valence-corrected chi connectivity index (χ0v) is 9.96. The van der Waals surface area contributed by atoms with Gasteiger partial charge in [-0.05, 0) is 37.0 Å². The normalized spacial score (nSPS) is 15.9. The maximum atomic E-state index is 3.58. The summed E-state index contributed by atoms with van der Waals surface area (Å²) in [6.07, 6.45) is 4.95. The summed E-state index contributed by atoms with van der Waals surface area (Å²) in [7, 11) is 2.13. The van der Waals surface area contributed by atoms with Crippen LogP contribution in [0, 0.1) is 6.92 Å². The van der Waals surface area contributed by atoms with Crippen molar-refractivity contribution in [2.24, 2.45) is 7.05 Å². The van der Waals surface area contributed by atoms with E-state index in [-0.39, 0.29) is 0 Å². The summed E-state index contributed by atoms with van der Waals surface area (Å²) < 4.78 is 2.23. The highest BCUT2D eigenvalue weighted by molar-refractivity contribution is 5.84. The molecule has 1 heterocycles. The van der Waals surface area contributed by atoms with Crippen LogP contribution in [0.4, 0.5) is 0 Å². The number of aryl methyl sites for hydroxylation is 2. The number of hydrogen-bond donors (Lipinski definition) is 1. The third-order valence-corrected chi connectivity index (χ3v) is 3.39. The third-order valence-electron chi connectivity index (χ3n) is 3.39. The van der Waals surface area contributed by atoms with E-state index in [2.05, 4.69) is 48.3 Å². The number of fused-ring (bicyclic) bond motifs is 1. The molecular weight excluding hydrogens is 196 g/mol. The Morgan fingerprint density at radius 2 is 2.19 bits per heavy atom. The molecule has 1 aromatic carbocycles. The summed E-state index contributed by atoms with van der Waals surface area (Å²) in [5, 5.41) is 4.97. The average Bonchev–Trinajstić information content (AvgIpc) is 3.03. The van der Waals surface area contributed by atoms with E-state index in [1.807, 2.05) is 0 Å². The molecule has 1 fully saturated rings. The summed E-state index contributed by atoms with van der Waals surface area (Å²) in [6, 6.07) is 7.48. The first-order chi connectivity index (χ1) is 7.74. The molecule has 0 unspecified atom stereocenters. The van der Waals surface area contributed by atoms with Crippen molar-refractivity contribution in [2.75, 3.05) is 0 Å². The van der Waals surface area contributed by atoms with Crippen LogP contribution < -0.4 is 5.32 Å².